The van der Waals surface area contributed by atoms with E-state index in [-0.39, 0.29) is 24.3 Å². The fourth-order valence-electron chi connectivity index (χ4n) is 2.28. The van der Waals surface area contributed by atoms with Crippen molar-refractivity contribution in [2.45, 2.75) is 26.7 Å². The number of benzene rings is 2. The number of hydrogen-bond acceptors (Lipinski definition) is 5. The highest BCUT2D eigenvalue weighted by atomic mass is 16.5. The number of hydrogen-bond donors (Lipinski definition) is 3. The number of anilines is 3. The van der Waals surface area contributed by atoms with E-state index in [0.717, 1.165) is 12.1 Å². The van der Waals surface area contributed by atoms with Crippen molar-refractivity contribution in [3.05, 3.63) is 54.1 Å². The monoisotopic (exact) mass is 383 g/mol. The fraction of sp³-hybridized carbons (Fsp3) is 0.286. The van der Waals surface area contributed by atoms with E-state index in [0.29, 0.717) is 30.0 Å². The van der Waals surface area contributed by atoms with Gasteiger partial charge in [-0.25, -0.2) is 4.79 Å². The molecule has 0 saturated carbocycles. The molecule has 148 valence electrons. The maximum atomic E-state index is 12.1. The van der Waals surface area contributed by atoms with Crippen molar-refractivity contribution in [2.24, 2.45) is 0 Å². The minimum Gasteiger partial charge on any atom is -0.462 e. The Balaban J connectivity index is 1.80. The van der Waals surface area contributed by atoms with E-state index in [2.05, 4.69) is 16.0 Å². The van der Waals surface area contributed by atoms with E-state index in [1.54, 1.807) is 55.5 Å². The van der Waals surface area contributed by atoms with Gasteiger partial charge in [-0.15, -0.1) is 0 Å². The van der Waals surface area contributed by atoms with Crippen LogP contribution in [-0.4, -0.2) is 30.9 Å². The number of nitrogens with one attached hydrogen (secondary N) is 3. The molecule has 0 bridgehead atoms. The minimum atomic E-state index is -0.357. The predicted molar refractivity (Wildman–Crippen MR) is 109 cm³/mol. The van der Waals surface area contributed by atoms with Crippen molar-refractivity contribution in [1.82, 2.24) is 0 Å². The van der Waals surface area contributed by atoms with Gasteiger partial charge in [0.15, 0.2) is 0 Å². The molecule has 0 fully saturated rings. The van der Waals surface area contributed by atoms with Gasteiger partial charge in [0.2, 0.25) is 11.8 Å². The van der Waals surface area contributed by atoms with Gasteiger partial charge >= 0.3 is 5.97 Å². The second-order valence-electron chi connectivity index (χ2n) is 6.09. The molecule has 2 amide bonds. The molecule has 0 heterocycles. The van der Waals surface area contributed by atoms with Crippen LogP contribution in [0, 0.1) is 0 Å². The number of rotatable bonds is 9. The summed E-state index contributed by atoms with van der Waals surface area (Å²) in [5, 5.41) is 8.51. The van der Waals surface area contributed by atoms with Crippen LogP contribution in [0.5, 0.6) is 0 Å². The Kier molecular flexibility index (Phi) is 8.02. The molecule has 2 aromatic rings. The van der Waals surface area contributed by atoms with Crippen LogP contribution >= 0.6 is 0 Å². The van der Waals surface area contributed by atoms with E-state index in [4.69, 9.17) is 4.74 Å². The number of amides is 2. The van der Waals surface area contributed by atoms with Crippen molar-refractivity contribution in [3.63, 3.8) is 0 Å². The topological polar surface area (TPSA) is 96.5 Å². The molecule has 7 nitrogen and oxygen atoms in total. The van der Waals surface area contributed by atoms with E-state index in [1.165, 1.54) is 0 Å². The number of ether oxygens (including phenoxy) is 1. The van der Waals surface area contributed by atoms with Crippen LogP contribution < -0.4 is 16.0 Å². The smallest absolute Gasteiger partial charge is 0.338 e. The molecule has 0 aliphatic heterocycles. The third-order valence-corrected chi connectivity index (χ3v) is 3.78. The Bertz CT molecular complexity index is 801. The van der Waals surface area contributed by atoms with E-state index in [9.17, 15) is 14.4 Å². The number of carbonyl (C=O) groups excluding carboxylic acids is 3. The summed E-state index contributed by atoms with van der Waals surface area (Å²) < 4.78 is 5.07. The molecule has 0 unspecified atom stereocenters. The summed E-state index contributed by atoms with van der Waals surface area (Å²) in [5.74, 6) is -0.632. The van der Waals surface area contributed by atoms with Gasteiger partial charge in [0.05, 0.1) is 18.7 Å². The molecule has 3 N–H and O–H groups in total. The van der Waals surface area contributed by atoms with Crippen molar-refractivity contribution in [3.8, 4) is 0 Å². The first-order chi connectivity index (χ1) is 13.5. The van der Waals surface area contributed by atoms with Crippen LogP contribution in [0.2, 0.25) is 0 Å². The van der Waals surface area contributed by atoms with Crippen LogP contribution in [0.1, 0.15) is 37.0 Å². The summed E-state index contributed by atoms with van der Waals surface area (Å²) in [6, 6.07) is 13.7. The summed E-state index contributed by atoms with van der Waals surface area (Å²) in [6.07, 6.45) is 1.18. The quantitative estimate of drug-likeness (QED) is 0.574. The van der Waals surface area contributed by atoms with E-state index < -0.39 is 0 Å². The Hall–Kier alpha value is -3.35. The highest BCUT2D eigenvalue weighted by Gasteiger charge is 2.07. The molecule has 0 aliphatic carbocycles. The Morgan fingerprint density at radius 1 is 0.786 bits per heavy atom. The van der Waals surface area contributed by atoms with Gasteiger partial charge in [0.25, 0.3) is 0 Å². The minimum absolute atomic E-state index is 0.0642. The first kappa shape index (κ1) is 21.0. The first-order valence-corrected chi connectivity index (χ1v) is 9.22. The third-order valence-electron chi connectivity index (χ3n) is 3.78. The van der Waals surface area contributed by atoms with Gasteiger partial charge in [-0.2, -0.15) is 0 Å². The molecule has 2 rings (SSSR count). The van der Waals surface area contributed by atoms with E-state index in [1.807, 2.05) is 6.92 Å². The van der Waals surface area contributed by atoms with Crippen LogP contribution in [0.4, 0.5) is 17.1 Å². The normalized spacial score (nSPS) is 10.1. The lowest BCUT2D eigenvalue weighted by Crippen LogP contribution is -2.21. The molecule has 0 aliphatic rings. The van der Waals surface area contributed by atoms with Gasteiger partial charge < -0.3 is 20.7 Å². The van der Waals surface area contributed by atoms with Crippen molar-refractivity contribution >= 4 is 34.8 Å². The molecule has 0 radical (unpaired) electrons. The van der Waals surface area contributed by atoms with Gasteiger partial charge in [0.1, 0.15) is 0 Å². The standard InChI is InChI=1S/C21H25N3O4/c1-3-13-28-21(27)15-5-7-16(8-6-15)22-14-20(26)24-18-11-9-17(10-12-18)23-19(25)4-2/h5-12,22H,3-4,13-14H2,1-2H3,(H,23,25)(H,24,26). The maximum absolute atomic E-state index is 12.1. The summed E-state index contributed by atoms with van der Waals surface area (Å²) in [4.78, 5) is 35.2. The molecule has 28 heavy (non-hydrogen) atoms. The number of carbonyl (C=O) groups is 3. The Morgan fingerprint density at radius 3 is 1.86 bits per heavy atom. The summed E-state index contributed by atoms with van der Waals surface area (Å²) >= 11 is 0. The summed E-state index contributed by atoms with van der Waals surface area (Å²) in [5.41, 5.74) is 2.51. The zero-order valence-electron chi connectivity index (χ0n) is 16.1. The van der Waals surface area contributed by atoms with Crippen molar-refractivity contribution < 1.29 is 19.1 Å². The average molecular weight is 383 g/mol. The molecule has 2 aromatic carbocycles. The molecule has 7 heteroatoms. The fourth-order valence-corrected chi connectivity index (χ4v) is 2.28. The van der Waals surface area contributed by atoms with Crippen molar-refractivity contribution in [2.75, 3.05) is 29.1 Å². The average Bonchev–Trinajstić information content (AvgIpc) is 2.72. The zero-order chi connectivity index (χ0) is 20.4. The summed E-state index contributed by atoms with van der Waals surface area (Å²) in [7, 11) is 0. The Labute approximate surface area is 164 Å². The molecule has 0 atom stereocenters. The zero-order valence-corrected chi connectivity index (χ0v) is 16.1. The second-order valence-corrected chi connectivity index (χ2v) is 6.09. The largest absolute Gasteiger partial charge is 0.462 e. The van der Waals surface area contributed by atoms with Gasteiger partial charge in [-0.05, 0) is 55.0 Å². The molecular formula is C21H25N3O4. The highest BCUT2D eigenvalue weighted by molar-refractivity contribution is 5.95. The van der Waals surface area contributed by atoms with Gasteiger partial charge in [-0.1, -0.05) is 13.8 Å². The third kappa shape index (κ3) is 6.75. The van der Waals surface area contributed by atoms with Crippen LogP contribution in [-0.2, 0) is 14.3 Å². The summed E-state index contributed by atoms with van der Waals surface area (Å²) in [6.45, 7) is 4.19. The lowest BCUT2D eigenvalue weighted by atomic mass is 10.2. The SMILES string of the molecule is CCCOC(=O)c1ccc(NCC(=O)Nc2ccc(NC(=O)CC)cc2)cc1. The van der Waals surface area contributed by atoms with Crippen LogP contribution in [0.25, 0.3) is 0 Å². The van der Waals surface area contributed by atoms with Crippen LogP contribution in [0.15, 0.2) is 48.5 Å². The lowest BCUT2D eigenvalue weighted by Gasteiger charge is -2.09. The molecule has 0 aromatic heterocycles. The van der Waals surface area contributed by atoms with Gasteiger partial charge in [0, 0.05) is 23.5 Å². The van der Waals surface area contributed by atoms with Gasteiger partial charge in [-0.3, -0.25) is 9.59 Å². The van der Waals surface area contributed by atoms with E-state index >= 15 is 0 Å². The number of esters is 1. The first-order valence-electron chi connectivity index (χ1n) is 9.22. The molecule has 0 saturated heterocycles. The van der Waals surface area contributed by atoms with Crippen molar-refractivity contribution in [1.29, 1.82) is 0 Å². The second kappa shape index (κ2) is 10.7. The maximum Gasteiger partial charge on any atom is 0.338 e. The predicted octanol–water partition coefficient (Wildman–Crippen LogP) is 3.65. The molecule has 0 spiro atoms. The lowest BCUT2D eigenvalue weighted by molar-refractivity contribution is -0.116. The Morgan fingerprint density at radius 2 is 1.32 bits per heavy atom. The highest BCUT2D eigenvalue weighted by Crippen LogP contribution is 2.14. The van der Waals surface area contributed by atoms with Crippen LogP contribution in [0.3, 0.4) is 0 Å². The molecular weight excluding hydrogens is 358 g/mol.